The summed E-state index contributed by atoms with van der Waals surface area (Å²) in [5.74, 6) is 1.53. The van der Waals surface area contributed by atoms with Crippen LogP contribution in [-0.2, 0) is 11.3 Å². The Morgan fingerprint density at radius 1 is 1.17 bits per heavy atom. The normalized spacial score (nSPS) is 11.3. The Hall–Kier alpha value is -3.54. The Balaban J connectivity index is 1.60. The number of thiazole rings is 1. The number of nitriles is 1. The second-order valence-electron chi connectivity index (χ2n) is 6.58. The van der Waals surface area contributed by atoms with Crippen molar-refractivity contribution in [3.8, 4) is 29.0 Å². The summed E-state index contributed by atoms with van der Waals surface area (Å²) in [5, 5.41) is 9.20. The van der Waals surface area contributed by atoms with E-state index in [0.29, 0.717) is 18.7 Å². The van der Waals surface area contributed by atoms with Gasteiger partial charge in [0.15, 0.2) is 5.82 Å². The molecule has 0 aliphatic rings. The van der Waals surface area contributed by atoms with E-state index in [1.165, 1.54) is 0 Å². The molecule has 3 aromatic heterocycles. The maximum Gasteiger partial charge on any atom is 0.159 e. The van der Waals surface area contributed by atoms with E-state index in [0.717, 1.165) is 44.2 Å². The lowest BCUT2D eigenvalue weighted by Crippen LogP contribution is -2.06. The van der Waals surface area contributed by atoms with Gasteiger partial charge in [-0.05, 0) is 36.4 Å². The maximum atomic E-state index is 9.20. The van der Waals surface area contributed by atoms with Crippen molar-refractivity contribution in [1.82, 2.24) is 24.5 Å². The molecule has 0 atom stereocenters. The number of imidazole rings is 2. The summed E-state index contributed by atoms with van der Waals surface area (Å²) in [4.78, 5) is 17.1. The van der Waals surface area contributed by atoms with E-state index in [4.69, 9.17) is 9.72 Å². The predicted molar refractivity (Wildman–Crippen MR) is 113 cm³/mol. The van der Waals surface area contributed by atoms with Gasteiger partial charge in [-0.25, -0.2) is 15.0 Å². The number of nitrogens with one attached hydrogen (secondary N) is 1. The van der Waals surface area contributed by atoms with Gasteiger partial charge in [0.25, 0.3) is 0 Å². The molecule has 8 heteroatoms. The first kappa shape index (κ1) is 17.6. The quantitative estimate of drug-likeness (QED) is 0.477. The minimum Gasteiger partial charge on any atom is -0.383 e. The van der Waals surface area contributed by atoms with Gasteiger partial charge in [-0.15, -0.1) is 11.3 Å². The molecule has 5 aromatic rings. The average molecular weight is 400 g/mol. The molecule has 2 aromatic carbocycles. The molecule has 1 N–H and O–H groups in total. The van der Waals surface area contributed by atoms with E-state index < -0.39 is 0 Å². The van der Waals surface area contributed by atoms with Gasteiger partial charge < -0.3 is 14.3 Å². The molecular weight excluding hydrogens is 384 g/mol. The number of fused-ring (bicyclic) bond motifs is 2. The van der Waals surface area contributed by atoms with Crippen molar-refractivity contribution in [2.24, 2.45) is 0 Å². The summed E-state index contributed by atoms with van der Waals surface area (Å²) in [6, 6.07) is 13.8. The second kappa shape index (κ2) is 7.13. The zero-order valence-corrected chi connectivity index (χ0v) is 16.4. The van der Waals surface area contributed by atoms with Gasteiger partial charge in [0.05, 0.1) is 51.2 Å². The van der Waals surface area contributed by atoms with Gasteiger partial charge in [-0.2, -0.15) is 5.26 Å². The van der Waals surface area contributed by atoms with E-state index in [1.807, 2.05) is 23.7 Å². The average Bonchev–Trinajstić information content (AvgIpc) is 3.48. The first-order valence-electron chi connectivity index (χ1n) is 9.05. The van der Waals surface area contributed by atoms with Crippen LogP contribution in [0.5, 0.6) is 0 Å². The van der Waals surface area contributed by atoms with Crippen molar-refractivity contribution >= 4 is 32.6 Å². The predicted octanol–water partition coefficient (Wildman–Crippen LogP) is 4.22. The Morgan fingerprint density at radius 2 is 2.10 bits per heavy atom. The monoisotopic (exact) mass is 400 g/mol. The fraction of sp³-hybridized carbons (Fsp3) is 0.143. The van der Waals surface area contributed by atoms with Crippen molar-refractivity contribution in [1.29, 1.82) is 5.26 Å². The Morgan fingerprint density at radius 3 is 2.97 bits per heavy atom. The number of ether oxygens (including phenoxy) is 1. The number of rotatable bonds is 5. The Kier molecular flexibility index (Phi) is 4.31. The summed E-state index contributed by atoms with van der Waals surface area (Å²) in [5.41, 5.74) is 6.90. The molecule has 0 spiro atoms. The lowest BCUT2D eigenvalue weighted by atomic mass is 10.2. The summed E-state index contributed by atoms with van der Waals surface area (Å²) in [6.45, 7) is 1.20. The molecule has 0 saturated heterocycles. The highest BCUT2D eigenvalue weighted by atomic mass is 32.1. The van der Waals surface area contributed by atoms with Crippen LogP contribution in [0.15, 0.2) is 48.1 Å². The molecule has 0 unspecified atom stereocenters. The third-order valence-electron chi connectivity index (χ3n) is 4.82. The van der Waals surface area contributed by atoms with E-state index in [1.54, 1.807) is 36.8 Å². The number of nitrogens with zero attached hydrogens (tertiary/aromatic N) is 5. The molecule has 5 rings (SSSR count). The fourth-order valence-corrected chi connectivity index (χ4v) is 4.06. The van der Waals surface area contributed by atoms with E-state index >= 15 is 0 Å². The minimum atomic E-state index is 0.556. The molecule has 142 valence electrons. The largest absolute Gasteiger partial charge is 0.383 e. The number of aromatic nitrogens is 5. The summed E-state index contributed by atoms with van der Waals surface area (Å²) >= 11 is 1.62. The maximum absolute atomic E-state index is 9.20. The number of aromatic amines is 1. The summed E-state index contributed by atoms with van der Waals surface area (Å²) in [7, 11) is 1.68. The van der Waals surface area contributed by atoms with Crippen LogP contribution in [0.1, 0.15) is 5.56 Å². The minimum absolute atomic E-state index is 0.556. The molecular formula is C21H16N6OS. The van der Waals surface area contributed by atoms with Crippen LogP contribution in [0.4, 0.5) is 0 Å². The molecule has 0 radical (unpaired) electrons. The molecule has 0 amide bonds. The molecule has 3 heterocycles. The molecule has 0 saturated carbocycles. The van der Waals surface area contributed by atoms with Crippen LogP contribution in [-0.4, -0.2) is 38.2 Å². The summed E-state index contributed by atoms with van der Waals surface area (Å²) < 4.78 is 8.51. The van der Waals surface area contributed by atoms with Crippen LogP contribution in [0, 0.1) is 11.3 Å². The third-order valence-corrected chi connectivity index (χ3v) is 5.63. The highest BCUT2D eigenvalue weighted by Gasteiger charge is 2.16. The van der Waals surface area contributed by atoms with Crippen LogP contribution in [0.25, 0.3) is 44.2 Å². The van der Waals surface area contributed by atoms with Crippen LogP contribution in [0.3, 0.4) is 0 Å². The molecule has 0 aliphatic heterocycles. The SMILES string of the molecule is COCCn1c(-c2cnc(-c3ccc4scnc4c3)[nH]2)nc2cc(C#N)ccc21. The van der Waals surface area contributed by atoms with E-state index in [2.05, 4.69) is 31.7 Å². The number of benzene rings is 2. The number of methoxy groups -OCH3 is 1. The Labute approximate surface area is 170 Å². The van der Waals surface area contributed by atoms with Crippen molar-refractivity contribution < 1.29 is 4.74 Å². The standard InChI is InChI=1S/C21H16N6OS/c1-28-7-6-27-18-4-2-13(10-22)8-15(18)26-21(27)17-11-23-20(25-17)14-3-5-19-16(9-14)24-12-29-19/h2-5,8-9,11-12H,6-7H2,1H3,(H,23,25). The molecule has 7 nitrogen and oxygen atoms in total. The fourth-order valence-electron chi connectivity index (χ4n) is 3.40. The third kappa shape index (κ3) is 3.06. The van der Waals surface area contributed by atoms with Crippen molar-refractivity contribution in [2.75, 3.05) is 13.7 Å². The highest BCUT2D eigenvalue weighted by Crippen LogP contribution is 2.28. The Bertz CT molecular complexity index is 1370. The number of hydrogen-bond acceptors (Lipinski definition) is 6. The smallest absolute Gasteiger partial charge is 0.159 e. The first-order chi connectivity index (χ1) is 14.3. The van der Waals surface area contributed by atoms with Crippen molar-refractivity contribution in [2.45, 2.75) is 6.54 Å². The molecule has 29 heavy (non-hydrogen) atoms. The van der Waals surface area contributed by atoms with Gasteiger partial charge in [-0.3, -0.25) is 0 Å². The van der Waals surface area contributed by atoms with Crippen molar-refractivity contribution in [3.05, 3.63) is 53.7 Å². The van der Waals surface area contributed by atoms with E-state index in [-0.39, 0.29) is 0 Å². The van der Waals surface area contributed by atoms with Gasteiger partial charge in [0, 0.05) is 19.2 Å². The molecule has 0 fully saturated rings. The van der Waals surface area contributed by atoms with Gasteiger partial charge >= 0.3 is 0 Å². The number of hydrogen-bond donors (Lipinski definition) is 1. The first-order valence-corrected chi connectivity index (χ1v) is 9.93. The second-order valence-corrected chi connectivity index (χ2v) is 7.46. The van der Waals surface area contributed by atoms with Gasteiger partial charge in [0.2, 0.25) is 0 Å². The zero-order valence-electron chi connectivity index (χ0n) is 15.6. The van der Waals surface area contributed by atoms with Crippen LogP contribution < -0.4 is 0 Å². The lowest BCUT2D eigenvalue weighted by Gasteiger charge is -2.07. The van der Waals surface area contributed by atoms with Gasteiger partial charge in [0.1, 0.15) is 11.5 Å². The number of H-pyrrole nitrogens is 1. The van der Waals surface area contributed by atoms with Gasteiger partial charge in [-0.1, -0.05) is 0 Å². The molecule has 0 bridgehead atoms. The van der Waals surface area contributed by atoms with Crippen LogP contribution in [0.2, 0.25) is 0 Å². The topological polar surface area (TPSA) is 92.4 Å². The highest BCUT2D eigenvalue weighted by molar-refractivity contribution is 7.16. The van der Waals surface area contributed by atoms with Crippen LogP contribution >= 0.6 is 11.3 Å². The molecule has 0 aliphatic carbocycles. The zero-order chi connectivity index (χ0) is 19.8. The summed E-state index contributed by atoms with van der Waals surface area (Å²) in [6.07, 6.45) is 1.79. The lowest BCUT2D eigenvalue weighted by molar-refractivity contribution is 0.188. The van der Waals surface area contributed by atoms with Crippen molar-refractivity contribution in [3.63, 3.8) is 0 Å². The van der Waals surface area contributed by atoms with E-state index in [9.17, 15) is 5.26 Å².